The van der Waals surface area contributed by atoms with Crippen LogP contribution in [-0.2, 0) is 11.2 Å². The number of carbonyl (C=O) groups excluding carboxylic acids is 1. The second kappa shape index (κ2) is 6.89. The van der Waals surface area contributed by atoms with Crippen molar-refractivity contribution in [2.45, 2.75) is 38.6 Å². The van der Waals surface area contributed by atoms with Gasteiger partial charge in [-0.25, -0.2) is 0 Å². The molecule has 1 fully saturated rings. The van der Waals surface area contributed by atoms with E-state index in [1.54, 1.807) is 0 Å². The second-order valence-corrected chi connectivity index (χ2v) is 6.02. The van der Waals surface area contributed by atoms with Gasteiger partial charge in [0.1, 0.15) is 0 Å². The van der Waals surface area contributed by atoms with E-state index >= 15 is 0 Å². The molecule has 3 nitrogen and oxygen atoms in total. The van der Waals surface area contributed by atoms with Crippen LogP contribution in [0.15, 0.2) is 24.3 Å². The van der Waals surface area contributed by atoms with Gasteiger partial charge in [-0.2, -0.15) is 0 Å². The van der Waals surface area contributed by atoms with Gasteiger partial charge >= 0.3 is 0 Å². The summed E-state index contributed by atoms with van der Waals surface area (Å²) in [6.07, 6.45) is 3.66. The summed E-state index contributed by atoms with van der Waals surface area (Å²) in [5, 5.41) is 0. The normalized spacial score (nSPS) is 17.1. The van der Waals surface area contributed by atoms with Crippen LogP contribution in [0.25, 0.3) is 0 Å². The second-order valence-electron chi connectivity index (χ2n) is 6.02. The zero-order chi connectivity index (χ0) is 14.5. The summed E-state index contributed by atoms with van der Waals surface area (Å²) in [7, 11) is 4.11. The molecule has 0 spiro atoms. The van der Waals surface area contributed by atoms with Crippen LogP contribution in [0.5, 0.6) is 0 Å². The molecule has 0 bridgehead atoms. The molecule has 0 aromatic heterocycles. The Labute approximate surface area is 122 Å². The predicted molar refractivity (Wildman–Crippen MR) is 82.8 cm³/mol. The number of rotatable bonds is 4. The minimum absolute atomic E-state index is 0.278. The number of likely N-dealkylation sites (tertiary alicyclic amines) is 1. The maximum absolute atomic E-state index is 12.3. The standard InChI is InChI=1S/C17H26N2O/c1-14-4-6-15(7-5-14)8-9-17(20)19(3)16-10-12-18(2)13-11-16/h4-7,16H,8-13H2,1-3H3. The SMILES string of the molecule is Cc1ccc(CCC(=O)N(C)C2CCN(C)CC2)cc1. The first-order chi connectivity index (χ1) is 9.56. The molecule has 0 aliphatic carbocycles. The number of amides is 1. The van der Waals surface area contributed by atoms with Crippen molar-refractivity contribution >= 4 is 5.91 Å². The Morgan fingerprint density at radius 1 is 1.25 bits per heavy atom. The van der Waals surface area contributed by atoms with Gasteiger partial charge in [-0.3, -0.25) is 4.79 Å². The van der Waals surface area contributed by atoms with Gasteiger partial charge in [0.15, 0.2) is 0 Å². The third-order valence-corrected chi connectivity index (χ3v) is 4.38. The summed E-state index contributed by atoms with van der Waals surface area (Å²) in [5.41, 5.74) is 2.52. The van der Waals surface area contributed by atoms with Crippen LogP contribution in [-0.4, -0.2) is 48.9 Å². The lowest BCUT2D eigenvalue weighted by atomic mass is 10.0. The number of carbonyl (C=O) groups is 1. The molecule has 2 rings (SSSR count). The largest absolute Gasteiger partial charge is 0.343 e. The number of aryl methyl sites for hydroxylation is 2. The first-order valence-electron chi connectivity index (χ1n) is 7.56. The summed E-state index contributed by atoms with van der Waals surface area (Å²) >= 11 is 0. The van der Waals surface area contributed by atoms with Crippen molar-refractivity contribution in [3.63, 3.8) is 0 Å². The lowest BCUT2D eigenvalue weighted by Crippen LogP contribution is -2.44. The molecule has 110 valence electrons. The molecule has 3 heteroatoms. The first kappa shape index (κ1) is 15.0. The fourth-order valence-electron chi connectivity index (χ4n) is 2.77. The summed E-state index contributed by atoms with van der Waals surface area (Å²) < 4.78 is 0. The van der Waals surface area contributed by atoms with E-state index in [1.807, 2.05) is 11.9 Å². The number of benzene rings is 1. The molecular formula is C17H26N2O. The van der Waals surface area contributed by atoms with Crippen LogP contribution in [0, 0.1) is 6.92 Å². The Morgan fingerprint density at radius 3 is 2.45 bits per heavy atom. The van der Waals surface area contributed by atoms with E-state index in [0.717, 1.165) is 32.4 Å². The summed E-state index contributed by atoms with van der Waals surface area (Å²) in [4.78, 5) is 16.6. The first-order valence-corrected chi connectivity index (χ1v) is 7.56. The molecule has 1 aliphatic rings. The van der Waals surface area contributed by atoms with Gasteiger partial charge in [0, 0.05) is 19.5 Å². The Bertz CT molecular complexity index is 433. The molecule has 20 heavy (non-hydrogen) atoms. The Hall–Kier alpha value is -1.35. The molecule has 0 saturated carbocycles. The number of piperidine rings is 1. The smallest absolute Gasteiger partial charge is 0.222 e. The lowest BCUT2D eigenvalue weighted by Gasteiger charge is -2.35. The van der Waals surface area contributed by atoms with Crippen molar-refractivity contribution in [1.82, 2.24) is 9.80 Å². The van der Waals surface area contributed by atoms with Crippen LogP contribution < -0.4 is 0 Å². The predicted octanol–water partition coefficient (Wildman–Crippen LogP) is 2.48. The Balaban J connectivity index is 1.80. The summed E-state index contributed by atoms with van der Waals surface area (Å²) in [6, 6.07) is 8.90. The third-order valence-electron chi connectivity index (χ3n) is 4.38. The van der Waals surface area contributed by atoms with E-state index in [9.17, 15) is 4.79 Å². The third kappa shape index (κ3) is 4.07. The number of hydrogen-bond donors (Lipinski definition) is 0. The number of nitrogens with zero attached hydrogens (tertiary/aromatic N) is 2. The van der Waals surface area contributed by atoms with Gasteiger partial charge in [0.25, 0.3) is 0 Å². The molecule has 1 heterocycles. The molecule has 1 amide bonds. The molecule has 1 aromatic carbocycles. The quantitative estimate of drug-likeness (QED) is 0.842. The fourth-order valence-corrected chi connectivity index (χ4v) is 2.77. The number of hydrogen-bond acceptors (Lipinski definition) is 2. The highest BCUT2D eigenvalue weighted by atomic mass is 16.2. The molecule has 1 aliphatic heterocycles. The monoisotopic (exact) mass is 274 g/mol. The zero-order valence-electron chi connectivity index (χ0n) is 12.9. The van der Waals surface area contributed by atoms with Crippen LogP contribution in [0.1, 0.15) is 30.4 Å². The highest BCUT2D eigenvalue weighted by Crippen LogP contribution is 2.15. The van der Waals surface area contributed by atoms with Gasteiger partial charge in [0.05, 0.1) is 0 Å². The molecule has 0 radical (unpaired) electrons. The van der Waals surface area contributed by atoms with E-state index < -0.39 is 0 Å². The van der Waals surface area contributed by atoms with Gasteiger partial charge in [-0.15, -0.1) is 0 Å². The maximum atomic E-state index is 12.3. The molecule has 1 aromatic rings. The van der Waals surface area contributed by atoms with Crippen molar-refractivity contribution in [3.05, 3.63) is 35.4 Å². The zero-order valence-corrected chi connectivity index (χ0v) is 12.9. The van der Waals surface area contributed by atoms with Gasteiger partial charge in [-0.1, -0.05) is 29.8 Å². The lowest BCUT2D eigenvalue weighted by molar-refractivity contribution is -0.132. The highest BCUT2D eigenvalue weighted by molar-refractivity contribution is 5.76. The van der Waals surface area contributed by atoms with E-state index in [-0.39, 0.29) is 5.91 Å². The van der Waals surface area contributed by atoms with Gasteiger partial charge < -0.3 is 9.80 Å². The topological polar surface area (TPSA) is 23.6 Å². The van der Waals surface area contributed by atoms with E-state index in [1.165, 1.54) is 11.1 Å². The molecule has 0 N–H and O–H groups in total. The Morgan fingerprint density at radius 2 is 1.85 bits per heavy atom. The van der Waals surface area contributed by atoms with E-state index in [2.05, 4.69) is 43.1 Å². The average Bonchev–Trinajstić information content (AvgIpc) is 2.46. The van der Waals surface area contributed by atoms with Crippen LogP contribution in [0.2, 0.25) is 0 Å². The summed E-state index contributed by atoms with van der Waals surface area (Å²) in [6.45, 7) is 4.28. The average molecular weight is 274 g/mol. The van der Waals surface area contributed by atoms with Crippen molar-refractivity contribution in [3.8, 4) is 0 Å². The van der Waals surface area contributed by atoms with Crippen molar-refractivity contribution in [2.75, 3.05) is 27.2 Å². The minimum Gasteiger partial charge on any atom is -0.343 e. The fraction of sp³-hybridized carbons (Fsp3) is 0.588. The maximum Gasteiger partial charge on any atom is 0.222 e. The van der Waals surface area contributed by atoms with Crippen molar-refractivity contribution < 1.29 is 4.79 Å². The molecule has 1 saturated heterocycles. The van der Waals surface area contributed by atoms with Crippen LogP contribution >= 0.6 is 0 Å². The minimum atomic E-state index is 0.278. The van der Waals surface area contributed by atoms with Crippen molar-refractivity contribution in [1.29, 1.82) is 0 Å². The Kier molecular flexibility index (Phi) is 5.18. The molecule has 0 unspecified atom stereocenters. The van der Waals surface area contributed by atoms with Crippen LogP contribution in [0.3, 0.4) is 0 Å². The van der Waals surface area contributed by atoms with E-state index in [0.29, 0.717) is 12.5 Å². The van der Waals surface area contributed by atoms with Crippen LogP contribution in [0.4, 0.5) is 0 Å². The molecule has 0 atom stereocenters. The molecular weight excluding hydrogens is 248 g/mol. The summed E-state index contributed by atoms with van der Waals surface area (Å²) in [5.74, 6) is 0.278. The highest BCUT2D eigenvalue weighted by Gasteiger charge is 2.23. The van der Waals surface area contributed by atoms with Gasteiger partial charge in [0.2, 0.25) is 5.91 Å². The van der Waals surface area contributed by atoms with Crippen molar-refractivity contribution in [2.24, 2.45) is 0 Å². The van der Waals surface area contributed by atoms with E-state index in [4.69, 9.17) is 0 Å². The van der Waals surface area contributed by atoms with Gasteiger partial charge in [-0.05, 0) is 51.9 Å².